The third-order valence-corrected chi connectivity index (χ3v) is 5.78. The van der Waals surface area contributed by atoms with Gasteiger partial charge in [-0.2, -0.15) is 0 Å². The number of hydrogen-bond acceptors (Lipinski definition) is 5. The maximum absolute atomic E-state index is 12.7. The molecule has 1 saturated heterocycles. The Morgan fingerprint density at radius 3 is 2.34 bits per heavy atom. The first-order valence-electron chi connectivity index (χ1n) is 10.4. The van der Waals surface area contributed by atoms with Gasteiger partial charge in [0.1, 0.15) is 12.1 Å². The van der Waals surface area contributed by atoms with Crippen molar-refractivity contribution in [3.63, 3.8) is 0 Å². The molecule has 166 valence electrons. The highest BCUT2D eigenvalue weighted by molar-refractivity contribution is 5.90. The van der Waals surface area contributed by atoms with Crippen molar-refractivity contribution in [2.75, 3.05) is 26.4 Å². The van der Waals surface area contributed by atoms with Crippen LogP contribution in [0.4, 0.5) is 4.79 Å². The number of fused-ring (bicyclic) bond motifs is 3. The number of carbonyl (C=O) groups is 3. The first-order chi connectivity index (χ1) is 15.5. The zero-order valence-corrected chi connectivity index (χ0v) is 17.4. The molecule has 0 aromatic heterocycles. The molecule has 0 saturated carbocycles. The third-order valence-electron chi connectivity index (χ3n) is 5.78. The van der Waals surface area contributed by atoms with E-state index in [0.29, 0.717) is 13.0 Å². The number of aliphatic carboxylic acids is 1. The molecule has 1 fully saturated rings. The van der Waals surface area contributed by atoms with Gasteiger partial charge in [-0.1, -0.05) is 54.6 Å². The molecule has 0 radical (unpaired) electrons. The molecule has 2 amide bonds. The molecule has 2 aromatic rings. The van der Waals surface area contributed by atoms with Gasteiger partial charge in [-0.3, -0.25) is 4.79 Å². The molecule has 1 aliphatic carbocycles. The Bertz CT molecular complexity index is 1010. The number of amides is 2. The minimum Gasteiger partial charge on any atom is -0.478 e. The monoisotopic (exact) mass is 436 g/mol. The average Bonchev–Trinajstić information content (AvgIpc) is 3.39. The van der Waals surface area contributed by atoms with Gasteiger partial charge in [0.15, 0.2) is 0 Å². The number of hydrogen-bond donors (Lipinski definition) is 3. The van der Waals surface area contributed by atoms with Gasteiger partial charge >= 0.3 is 12.1 Å². The van der Waals surface area contributed by atoms with Crippen LogP contribution < -0.4 is 10.6 Å². The normalized spacial score (nSPS) is 19.4. The minimum atomic E-state index is -1.25. The van der Waals surface area contributed by atoms with E-state index < -0.39 is 23.5 Å². The Kier molecular flexibility index (Phi) is 6.23. The number of alkyl carbamates (subject to hydrolysis) is 1. The molecule has 1 unspecified atom stereocenters. The summed E-state index contributed by atoms with van der Waals surface area (Å²) in [5.74, 6) is -1.63. The highest BCUT2D eigenvalue weighted by Crippen LogP contribution is 2.44. The molecule has 8 nitrogen and oxygen atoms in total. The van der Waals surface area contributed by atoms with Crippen molar-refractivity contribution in [1.29, 1.82) is 0 Å². The largest absolute Gasteiger partial charge is 0.478 e. The van der Waals surface area contributed by atoms with Crippen LogP contribution >= 0.6 is 0 Å². The Morgan fingerprint density at radius 1 is 1.09 bits per heavy atom. The summed E-state index contributed by atoms with van der Waals surface area (Å²) >= 11 is 0. The fraction of sp³-hybridized carbons (Fsp3) is 0.292. The fourth-order valence-electron chi connectivity index (χ4n) is 4.21. The Morgan fingerprint density at radius 2 is 1.75 bits per heavy atom. The van der Waals surface area contributed by atoms with Gasteiger partial charge in [0.05, 0.1) is 6.61 Å². The third kappa shape index (κ3) is 4.36. The molecule has 3 N–H and O–H groups in total. The SMILES string of the molecule is O=C(O)/C=C/CNC(=O)C1(NC(=O)OCC2c3ccccc3-c3ccccc32)CCOC1. The first-order valence-corrected chi connectivity index (χ1v) is 10.4. The van der Waals surface area contributed by atoms with Crippen LogP contribution in [-0.4, -0.2) is 55.0 Å². The molecule has 2 aliphatic rings. The van der Waals surface area contributed by atoms with Crippen molar-refractivity contribution in [2.45, 2.75) is 17.9 Å². The molecule has 0 spiro atoms. The number of carbonyl (C=O) groups excluding carboxylic acids is 2. The number of benzene rings is 2. The van der Waals surface area contributed by atoms with E-state index in [9.17, 15) is 14.4 Å². The molecule has 1 heterocycles. The lowest BCUT2D eigenvalue weighted by molar-refractivity contribution is -0.131. The molecular formula is C24H24N2O6. The van der Waals surface area contributed by atoms with E-state index in [4.69, 9.17) is 14.6 Å². The molecule has 1 atom stereocenters. The van der Waals surface area contributed by atoms with Crippen LogP contribution in [0.1, 0.15) is 23.5 Å². The van der Waals surface area contributed by atoms with Crippen molar-refractivity contribution in [3.05, 3.63) is 71.8 Å². The minimum absolute atomic E-state index is 0.0195. The molecule has 2 aromatic carbocycles. The number of carboxylic acids is 1. The van der Waals surface area contributed by atoms with Crippen molar-refractivity contribution >= 4 is 18.0 Å². The van der Waals surface area contributed by atoms with E-state index in [0.717, 1.165) is 28.3 Å². The van der Waals surface area contributed by atoms with Gasteiger partial charge in [0.25, 0.3) is 0 Å². The summed E-state index contributed by atoms with van der Waals surface area (Å²) in [6.45, 7) is 0.507. The van der Waals surface area contributed by atoms with E-state index in [1.165, 1.54) is 6.08 Å². The van der Waals surface area contributed by atoms with Crippen LogP contribution in [0.15, 0.2) is 60.7 Å². The number of carboxylic acid groups (broad SMARTS) is 1. The van der Waals surface area contributed by atoms with Crippen molar-refractivity contribution in [1.82, 2.24) is 10.6 Å². The van der Waals surface area contributed by atoms with Crippen molar-refractivity contribution in [3.8, 4) is 11.1 Å². The van der Waals surface area contributed by atoms with E-state index in [1.807, 2.05) is 36.4 Å². The van der Waals surface area contributed by atoms with Gasteiger partial charge in [0.2, 0.25) is 5.91 Å². The quantitative estimate of drug-likeness (QED) is 0.575. The van der Waals surface area contributed by atoms with E-state index in [1.54, 1.807) is 0 Å². The second-order valence-corrected chi connectivity index (χ2v) is 7.79. The summed E-state index contributed by atoms with van der Waals surface area (Å²) in [5, 5.41) is 13.9. The van der Waals surface area contributed by atoms with E-state index in [-0.39, 0.29) is 25.7 Å². The summed E-state index contributed by atoms with van der Waals surface area (Å²) in [6.07, 6.45) is 1.85. The van der Waals surface area contributed by atoms with Gasteiger partial charge in [-0.05, 0) is 22.3 Å². The molecule has 0 bridgehead atoms. The van der Waals surface area contributed by atoms with Crippen LogP contribution in [0.5, 0.6) is 0 Å². The van der Waals surface area contributed by atoms with Crippen LogP contribution in [0.2, 0.25) is 0 Å². The topological polar surface area (TPSA) is 114 Å². The lowest BCUT2D eigenvalue weighted by atomic mass is 9.97. The van der Waals surface area contributed by atoms with Gasteiger partial charge < -0.3 is 25.2 Å². The average molecular weight is 436 g/mol. The highest BCUT2D eigenvalue weighted by Gasteiger charge is 2.44. The Labute approximate surface area is 185 Å². The lowest BCUT2D eigenvalue weighted by Crippen LogP contribution is -2.59. The maximum atomic E-state index is 12.7. The van der Waals surface area contributed by atoms with E-state index in [2.05, 4.69) is 22.8 Å². The van der Waals surface area contributed by atoms with Gasteiger partial charge in [0, 0.05) is 31.6 Å². The summed E-state index contributed by atoms with van der Waals surface area (Å²) in [7, 11) is 0. The lowest BCUT2D eigenvalue weighted by Gasteiger charge is -2.27. The summed E-state index contributed by atoms with van der Waals surface area (Å²) in [4.78, 5) is 35.9. The van der Waals surface area contributed by atoms with Crippen LogP contribution in [0, 0.1) is 0 Å². The Balaban J connectivity index is 1.40. The highest BCUT2D eigenvalue weighted by atomic mass is 16.6. The van der Waals surface area contributed by atoms with Crippen molar-refractivity contribution < 1.29 is 29.0 Å². The van der Waals surface area contributed by atoms with Gasteiger partial charge in [-0.15, -0.1) is 0 Å². The molecule has 1 aliphatic heterocycles. The second kappa shape index (κ2) is 9.23. The zero-order valence-electron chi connectivity index (χ0n) is 17.4. The summed E-state index contributed by atoms with van der Waals surface area (Å²) in [5.41, 5.74) is 3.21. The molecule has 4 rings (SSSR count). The van der Waals surface area contributed by atoms with Crippen LogP contribution in [0.25, 0.3) is 11.1 Å². The first kappa shape index (κ1) is 21.6. The summed E-state index contributed by atoms with van der Waals surface area (Å²) < 4.78 is 10.9. The number of ether oxygens (including phenoxy) is 2. The number of rotatable bonds is 7. The standard InChI is InChI=1S/C24H24N2O6/c27-21(28)10-5-12-25-22(29)24(11-13-31-15-24)26-23(30)32-14-20-18-8-3-1-6-16(18)17-7-2-4-9-19(17)20/h1-10,20H,11-15H2,(H,25,29)(H,26,30)(H,27,28)/b10-5+. The van der Waals surface area contributed by atoms with Crippen LogP contribution in [0.3, 0.4) is 0 Å². The predicted octanol–water partition coefficient (Wildman–Crippen LogP) is 2.44. The van der Waals surface area contributed by atoms with Gasteiger partial charge in [-0.25, -0.2) is 9.59 Å². The second-order valence-electron chi connectivity index (χ2n) is 7.79. The summed E-state index contributed by atoms with van der Waals surface area (Å²) in [6, 6.07) is 16.1. The molecule has 32 heavy (non-hydrogen) atoms. The molecule has 8 heteroatoms. The zero-order chi connectivity index (χ0) is 22.6. The van der Waals surface area contributed by atoms with E-state index >= 15 is 0 Å². The predicted molar refractivity (Wildman–Crippen MR) is 116 cm³/mol. The Hall–Kier alpha value is -3.65. The van der Waals surface area contributed by atoms with Crippen molar-refractivity contribution in [2.24, 2.45) is 0 Å². The van der Waals surface area contributed by atoms with Crippen LogP contribution in [-0.2, 0) is 19.1 Å². The number of nitrogens with one attached hydrogen (secondary N) is 2. The smallest absolute Gasteiger partial charge is 0.408 e. The fourth-order valence-corrected chi connectivity index (χ4v) is 4.21. The molecular weight excluding hydrogens is 412 g/mol. The maximum Gasteiger partial charge on any atom is 0.408 e.